The molecule has 0 aliphatic heterocycles. The molecule has 0 aliphatic rings. The van der Waals surface area contributed by atoms with Crippen molar-refractivity contribution in [1.29, 1.82) is 0 Å². The molecule has 2 aromatic rings. The summed E-state index contributed by atoms with van der Waals surface area (Å²) < 4.78 is 0. The van der Waals surface area contributed by atoms with Gasteiger partial charge in [-0.1, -0.05) is 32.0 Å². The van der Waals surface area contributed by atoms with Crippen molar-refractivity contribution in [2.75, 3.05) is 19.6 Å². The fourth-order valence-electron chi connectivity index (χ4n) is 2.20. The monoisotopic (exact) mass is 278 g/mol. The van der Waals surface area contributed by atoms with Gasteiger partial charge in [0.1, 0.15) is 0 Å². The number of rotatable bonds is 5. The van der Waals surface area contributed by atoms with Gasteiger partial charge in [0.25, 0.3) is 0 Å². The Morgan fingerprint density at radius 3 is 2.58 bits per heavy atom. The van der Waals surface area contributed by atoms with Gasteiger partial charge in [0.05, 0.1) is 17.3 Å². The van der Waals surface area contributed by atoms with E-state index in [1.54, 1.807) is 0 Å². The number of aromatic nitrogens is 2. The lowest BCUT2D eigenvalue weighted by molar-refractivity contribution is 0.283. The molecular formula is C14H19ClN4. The minimum Gasteiger partial charge on any atom is -0.322 e. The van der Waals surface area contributed by atoms with E-state index < -0.39 is 0 Å². The van der Waals surface area contributed by atoms with Crippen LogP contribution >= 0.6 is 11.6 Å². The predicted molar refractivity (Wildman–Crippen MR) is 79.3 cm³/mol. The van der Waals surface area contributed by atoms with Crippen molar-refractivity contribution < 1.29 is 0 Å². The van der Waals surface area contributed by atoms with Gasteiger partial charge in [0, 0.05) is 11.9 Å². The molecular weight excluding hydrogens is 260 g/mol. The van der Waals surface area contributed by atoms with E-state index in [0.717, 1.165) is 36.2 Å². The average Bonchev–Trinajstić information content (AvgIpc) is 2.43. The minimum atomic E-state index is -0.162. The molecule has 1 atom stereocenters. The third-order valence-corrected chi connectivity index (χ3v) is 3.47. The summed E-state index contributed by atoms with van der Waals surface area (Å²) in [7, 11) is 0. The zero-order valence-corrected chi connectivity index (χ0v) is 12.1. The summed E-state index contributed by atoms with van der Waals surface area (Å²) in [5, 5.41) is 1.23. The third-order valence-electron chi connectivity index (χ3n) is 3.31. The quantitative estimate of drug-likeness (QED) is 0.854. The van der Waals surface area contributed by atoms with Gasteiger partial charge in [-0.2, -0.15) is 0 Å². The number of fused-ring (bicyclic) bond motifs is 1. The van der Waals surface area contributed by atoms with E-state index in [1.807, 2.05) is 24.3 Å². The van der Waals surface area contributed by atoms with Crippen LogP contribution < -0.4 is 5.73 Å². The fraction of sp³-hybridized carbons (Fsp3) is 0.429. The summed E-state index contributed by atoms with van der Waals surface area (Å²) in [5.74, 6) is 0. The van der Waals surface area contributed by atoms with E-state index in [4.69, 9.17) is 17.3 Å². The molecule has 0 saturated heterocycles. The summed E-state index contributed by atoms with van der Waals surface area (Å²) in [5.41, 5.74) is 7.95. The largest absolute Gasteiger partial charge is 0.322 e. The number of hydrogen-bond donors (Lipinski definition) is 1. The minimum absolute atomic E-state index is 0.162. The van der Waals surface area contributed by atoms with E-state index >= 15 is 0 Å². The molecule has 2 N–H and O–H groups in total. The fourth-order valence-corrected chi connectivity index (χ4v) is 2.38. The summed E-state index contributed by atoms with van der Waals surface area (Å²) in [4.78, 5) is 10.8. The Bertz CT molecular complexity index is 554. The summed E-state index contributed by atoms with van der Waals surface area (Å²) >= 11 is 5.98. The maximum Gasteiger partial charge on any atom is 0.223 e. The second kappa shape index (κ2) is 6.28. The van der Waals surface area contributed by atoms with Crippen LogP contribution in [0.2, 0.25) is 5.28 Å². The first-order valence-corrected chi connectivity index (χ1v) is 6.93. The molecule has 0 aliphatic carbocycles. The molecule has 0 amide bonds. The lowest BCUT2D eigenvalue weighted by Gasteiger charge is -2.23. The number of hydrogen-bond acceptors (Lipinski definition) is 4. The van der Waals surface area contributed by atoms with Crippen molar-refractivity contribution in [3.8, 4) is 0 Å². The first-order valence-electron chi connectivity index (χ1n) is 6.55. The van der Waals surface area contributed by atoms with E-state index in [2.05, 4.69) is 28.7 Å². The van der Waals surface area contributed by atoms with Crippen molar-refractivity contribution in [2.45, 2.75) is 19.9 Å². The number of halogens is 1. The van der Waals surface area contributed by atoms with Crippen LogP contribution in [0.1, 0.15) is 25.6 Å². The van der Waals surface area contributed by atoms with Crippen molar-refractivity contribution in [1.82, 2.24) is 14.9 Å². The van der Waals surface area contributed by atoms with Gasteiger partial charge >= 0.3 is 0 Å². The van der Waals surface area contributed by atoms with Gasteiger partial charge in [0.2, 0.25) is 5.28 Å². The molecule has 1 aromatic carbocycles. The molecule has 0 radical (unpaired) electrons. The van der Waals surface area contributed by atoms with E-state index in [0.29, 0.717) is 0 Å². The van der Waals surface area contributed by atoms with Gasteiger partial charge in [-0.05, 0) is 30.8 Å². The Morgan fingerprint density at radius 1 is 1.21 bits per heavy atom. The Morgan fingerprint density at radius 2 is 1.89 bits per heavy atom. The van der Waals surface area contributed by atoms with Crippen LogP contribution in [0, 0.1) is 0 Å². The molecule has 102 valence electrons. The summed E-state index contributed by atoms with van der Waals surface area (Å²) in [6, 6.07) is 7.66. The highest BCUT2D eigenvalue weighted by atomic mass is 35.5. The Labute approximate surface area is 118 Å². The van der Waals surface area contributed by atoms with Crippen LogP contribution in [-0.2, 0) is 0 Å². The Hall–Kier alpha value is -1.23. The lowest BCUT2D eigenvalue weighted by Crippen LogP contribution is -2.32. The maximum absolute atomic E-state index is 6.29. The molecule has 0 bridgehead atoms. The van der Waals surface area contributed by atoms with Crippen molar-refractivity contribution in [3.63, 3.8) is 0 Å². The summed E-state index contributed by atoms with van der Waals surface area (Å²) in [6.07, 6.45) is 0. The topological polar surface area (TPSA) is 55.0 Å². The second-order valence-electron chi connectivity index (χ2n) is 4.49. The molecule has 1 unspecified atom stereocenters. The molecule has 1 aromatic heterocycles. The highest BCUT2D eigenvalue weighted by molar-refractivity contribution is 6.28. The molecule has 2 rings (SSSR count). The van der Waals surface area contributed by atoms with Crippen LogP contribution in [-0.4, -0.2) is 34.5 Å². The standard InChI is InChI=1S/C14H19ClN4/c1-3-19(4-2)9-11(16)13-10-7-5-6-8-12(10)17-14(15)18-13/h5-8,11H,3-4,9,16H2,1-2H3. The van der Waals surface area contributed by atoms with Crippen molar-refractivity contribution in [3.05, 3.63) is 35.2 Å². The maximum atomic E-state index is 6.29. The SMILES string of the molecule is CCN(CC)CC(N)c1nc(Cl)nc2ccccc12. The molecule has 0 fully saturated rings. The smallest absolute Gasteiger partial charge is 0.223 e. The zero-order chi connectivity index (χ0) is 13.8. The second-order valence-corrected chi connectivity index (χ2v) is 4.83. The number of nitrogens with two attached hydrogens (primary N) is 1. The molecule has 5 heteroatoms. The van der Waals surface area contributed by atoms with Gasteiger partial charge in [0.15, 0.2) is 0 Å². The lowest BCUT2D eigenvalue weighted by atomic mass is 10.1. The molecule has 0 spiro atoms. The Kier molecular flexibility index (Phi) is 4.69. The number of benzene rings is 1. The van der Waals surface area contributed by atoms with E-state index in [1.165, 1.54) is 0 Å². The van der Waals surface area contributed by atoms with Crippen molar-refractivity contribution >= 4 is 22.5 Å². The van der Waals surface area contributed by atoms with Crippen LogP contribution in [0.4, 0.5) is 0 Å². The first-order chi connectivity index (χ1) is 9.15. The number of nitrogens with zero attached hydrogens (tertiary/aromatic N) is 3. The number of para-hydroxylation sites is 1. The molecule has 1 heterocycles. The van der Waals surface area contributed by atoms with Gasteiger partial charge in [-0.25, -0.2) is 9.97 Å². The average molecular weight is 279 g/mol. The van der Waals surface area contributed by atoms with Gasteiger partial charge in [-0.3, -0.25) is 0 Å². The first kappa shape index (κ1) is 14.2. The molecule has 4 nitrogen and oxygen atoms in total. The normalized spacial score (nSPS) is 13.1. The van der Waals surface area contributed by atoms with Crippen molar-refractivity contribution in [2.24, 2.45) is 5.73 Å². The third kappa shape index (κ3) is 3.21. The summed E-state index contributed by atoms with van der Waals surface area (Å²) in [6.45, 7) is 6.97. The van der Waals surface area contributed by atoms with Crippen LogP contribution in [0.15, 0.2) is 24.3 Å². The zero-order valence-electron chi connectivity index (χ0n) is 11.3. The van der Waals surface area contributed by atoms with E-state index in [-0.39, 0.29) is 11.3 Å². The van der Waals surface area contributed by atoms with Gasteiger partial charge in [-0.15, -0.1) is 0 Å². The van der Waals surface area contributed by atoms with Crippen LogP contribution in [0.3, 0.4) is 0 Å². The van der Waals surface area contributed by atoms with Gasteiger partial charge < -0.3 is 10.6 Å². The van der Waals surface area contributed by atoms with Crippen LogP contribution in [0.25, 0.3) is 10.9 Å². The van der Waals surface area contributed by atoms with E-state index in [9.17, 15) is 0 Å². The molecule has 19 heavy (non-hydrogen) atoms. The molecule has 0 saturated carbocycles. The number of likely N-dealkylation sites (N-methyl/N-ethyl adjacent to an activating group) is 1. The van der Waals surface area contributed by atoms with Crippen LogP contribution in [0.5, 0.6) is 0 Å². The highest BCUT2D eigenvalue weighted by Crippen LogP contribution is 2.22. The predicted octanol–water partition coefficient (Wildman–Crippen LogP) is 2.62. The Balaban J connectivity index is 2.38. The highest BCUT2D eigenvalue weighted by Gasteiger charge is 2.16.